The summed E-state index contributed by atoms with van der Waals surface area (Å²) >= 11 is 0. The monoisotopic (exact) mass is 271 g/mol. The Morgan fingerprint density at radius 1 is 1.42 bits per heavy atom. The molecule has 0 bridgehead atoms. The second-order valence-electron chi connectivity index (χ2n) is 5.56. The number of ether oxygens (including phenoxy) is 2. The Balaban J connectivity index is 2.47. The number of carbonyl (C=O) groups excluding carboxylic acids is 1. The van der Waals surface area contributed by atoms with Crippen molar-refractivity contribution >= 4 is 5.97 Å². The number of rotatable bonds is 8. The Morgan fingerprint density at radius 3 is 2.68 bits per heavy atom. The average Bonchev–Trinajstić information content (AvgIpc) is 2.44. The molecule has 0 N–H and O–H groups in total. The SMILES string of the molecule is CCCC(C)CN(CCC(=O)OC)C1CCOCC1. The number of hydrogen-bond acceptors (Lipinski definition) is 4. The predicted octanol–water partition coefficient (Wildman–Crippen LogP) is 2.47. The van der Waals surface area contributed by atoms with E-state index in [0.717, 1.165) is 39.1 Å². The van der Waals surface area contributed by atoms with E-state index in [0.29, 0.717) is 18.4 Å². The van der Waals surface area contributed by atoms with Gasteiger partial charge in [0, 0.05) is 32.3 Å². The van der Waals surface area contributed by atoms with Crippen LogP contribution in [0.15, 0.2) is 0 Å². The van der Waals surface area contributed by atoms with Gasteiger partial charge >= 0.3 is 5.97 Å². The zero-order valence-electron chi connectivity index (χ0n) is 12.7. The molecule has 0 aromatic heterocycles. The summed E-state index contributed by atoms with van der Waals surface area (Å²) in [6.45, 7) is 8.11. The largest absolute Gasteiger partial charge is 0.469 e. The highest BCUT2D eigenvalue weighted by molar-refractivity contribution is 5.69. The number of nitrogens with zero attached hydrogens (tertiary/aromatic N) is 1. The van der Waals surface area contributed by atoms with Crippen LogP contribution in [0.3, 0.4) is 0 Å². The Hall–Kier alpha value is -0.610. The van der Waals surface area contributed by atoms with E-state index in [-0.39, 0.29) is 5.97 Å². The molecule has 0 spiro atoms. The van der Waals surface area contributed by atoms with Gasteiger partial charge in [-0.05, 0) is 25.2 Å². The smallest absolute Gasteiger partial charge is 0.306 e. The molecule has 1 unspecified atom stereocenters. The predicted molar refractivity (Wildman–Crippen MR) is 76.1 cm³/mol. The van der Waals surface area contributed by atoms with Crippen LogP contribution in [0.25, 0.3) is 0 Å². The van der Waals surface area contributed by atoms with Gasteiger partial charge in [0.15, 0.2) is 0 Å². The van der Waals surface area contributed by atoms with Crippen molar-refractivity contribution in [1.82, 2.24) is 4.90 Å². The van der Waals surface area contributed by atoms with Gasteiger partial charge in [-0.25, -0.2) is 0 Å². The van der Waals surface area contributed by atoms with E-state index < -0.39 is 0 Å². The number of methoxy groups -OCH3 is 1. The first-order valence-corrected chi connectivity index (χ1v) is 7.56. The van der Waals surface area contributed by atoms with Gasteiger partial charge in [-0.2, -0.15) is 0 Å². The molecule has 0 aliphatic carbocycles. The molecule has 1 fully saturated rings. The van der Waals surface area contributed by atoms with Crippen molar-refractivity contribution in [1.29, 1.82) is 0 Å². The minimum atomic E-state index is -0.111. The van der Waals surface area contributed by atoms with Crippen molar-refractivity contribution in [3.63, 3.8) is 0 Å². The van der Waals surface area contributed by atoms with Crippen molar-refractivity contribution in [3.8, 4) is 0 Å². The van der Waals surface area contributed by atoms with Crippen molar-refractivity contribution in [3.05, 3.63) is 0 Å². The van der Waals surface area contributed by atoms with Gasteiger partial charge in [0.05, 0.1) is 13.5 Å². The second-order valence-corrected chi connectivity index (χ2v) is 5.56. The maximum absolute atomic E-state index is 11.3. The lowest BCUT2D eigenvalue weighted by Gasteiger charge is -2.35. The third-order valence-electron chi connectivity index (χ3n) is 3.87. The zero-order valence-corrected chi connectivity index (χ0v) is 12.7. The van der Waals surface area contributed by atoms with E-state index in [9.17, 15) is 4.79 Å². The van der Waals surface area contributed by atoms with Crippen LogP contribution < -0.4 is 0 Å². The molecule has 1 aliphatic heterocycles. The van der Waals surface area contributed by atoms with Gasteiger partial charge < -0.3 is 9.47 Å². The van der Waals surface area contributed by atoms with Crippen LogP contribution in [-0.4, -0.2) is 50.3 Å². The average molecular weight is 271 g/mol. The second kappa shape index (κ2) is 9.32. The number of carbonyl (C=O) groups is 1. The Labute approximate surface area is 117 Å². The Bertz CT molecular complexity index is 252. The summed E-state index contributed by atoms with van der Waals surface area (Å²) < 4.78 is 10.2. The fourth-order valence-corrected chi connectivity index (χ4v) is 2.79. The summed E-state index contributed by atoms with van der Waals surface area (Å²) in [5, 5.41) is 0. The fourth-order valence-electron chi connectivity index (χ4n) is 2.79. The van der Waals surface area contributed by atoms with Gasteiger partial charge in [0.2, 0.25) is 0 Å². The molecule has 0 aromatic carbocycles. The first kappa shape index (κ1) is 16.4. The Morgan fingerprint density at radius 2 is 2.11 bits per heavy atom. The van der Waals surface area contributed by atoms with Crippen molar-refractivity contribution in [2.45, 2.75) is 52.0 Å². The van der Waals surface area contributed by atoms with Crippen molar-refractivity contribution in [2.24, 2.45) is 5.92 Å². The molecule has 1 aliphatic rings. The topological polar surface area (TPSA) is 38.8 Å². The van der Waals surface area contributed by atoms with E-state index in [1.807, 2.05) is 0 Å². The van der Waals surface area contributed by atoms with Gasteiger partial charge in [-0.1, -0.05) is 20.3 Å². The third kappa shape index (κ3) is 6.39. The quantitative estimate of drug-likeness (QED) is 0.636. The van der Waals surface area contributed by atoms with E-state index >= 15 is 0 Å². The van der Waals surface area contributed by atoms with Gasteiger partial charge in [-0.15, -0.1) is 0 Å². The highest BCUT2D eigenvalue weighted by Crippen LogP contribution is 2.18. The molecule has 4 heteroatoms. The standard InChI is InChI=1S/C15H29NO3/c1-4-5-13(2)12-16(9-6-15(17)18-3)14-7-10-19-11-8-14/h13-14H,4-12H2,1-3H3. The van der Waals surface area contributed by atoms with Crippen molar-refractivity contribution in [2.75, 3.05) is 33.4 Å². The lowest BCUT2D eigenvalue weighted by molar-refractivity contribution is -0.141. The van der Waals surface area contributed by atoms with E-state index in [1.54, 1.807) is 0 Å². The molecule has 1 saturated heterocycles. The summed E-state index contributed by atoms with van der Waals surface area (Å²) in [5.41, 5.74) is 0. The van der Waals surface area contributed by atoms with Crippen LogP contribution in [0, 0.1) is 5.92 Å². The molecule has 1 rings (SSSR count). The lowest BCUT2D eigenvalue weighted by Crippen LogP contribution is -2.42. The van der Waals surface area contributed by atoms with Gasteiger partial charge in [-0.3, -0.25) is 9.69 Å². The Kier molecular flexibility index (Phi) is 8.07. The van der Waals surface area contributed by atoms with Gasteiger partial charge in [0.25, 0.3) is 0 Å². The maximum Gasteiger partial charge on any atom is 0.306 e. The van der Waals surface area contributed by atoms with Crippen LogP contribution in [0.5, 0.6) is 0 Å². The summed E-state index contributed by atoms with van der Waals surface area (Å²) in [7, 11) is 1.46. The molecule has 0 amide bonds. The summed E-state index contributed by atoms with van der Waals surface area (Å²) in [6, 6.07) is 0.567. The van der Waals surface area contributed by atoms with Crippen LogP contribution in [0.2, 0.25) is 0 Å². The molecule has 4 nitrogen and oxygen atoms in total. The van der Waals surface area contributed by atoms with Crippen LogP contribution in [0.1, 0.15) is 46.0 Å². The third-order valence-corrected chi connectivity index (χ3v) is 3.87. The minimum absolute atomic E-state index is 0.111. The number of esters is 1. The van der Waals surface area contributed by atoms with E-state index in [2.05, 4.69) is 18.7 Å². The normalized spacial score (nSPS) is 18.5. The highest BCUT2D eigenvalue weighted by atomic mass is 16.5. The molecule has 1 atom stereocenters. The first-order valence-electron chi connectivity index (χ1n) is 7.56. The molecule has 0 aromatic rings. The van der Waals surface area contributed by atoms with Crippen LogP contribution in [-0.2, 0) is 14.3 Å². The van der Waals surface area contributed by atoms with E-state index in [4.69, 9.17) is 9.47 Å². The summed E-state index contributed by atoms with van der Waals surface area (Å²) in [6.07, 6.45) is 5.13. The molecule has 1 heterocycles. The minimum Gasteiger partial charge on any atom is -0.469 e. The maximum atomic E-state index is 11.3. The highest BCUT2D eigenvalue weighted by Gasteiger charge is 2.23. The first-order chi connectivity index (χ1) is 9.17. The molecule has 19 heavy (non-hydrogen) atoms. The lowest BCUT2D eigenvalue weighted by atomic mass is 10.0. The molecule has 0 saturated carbocycles. The van der Waals surface area contributed by atoms with Crippen LogP contribution >= 0.6 is 0 Å². The summed E-state index contributed by atoms with van der Waals surface area (Å²) in [5.74, 6) is 0.575. The summed E-state index contributed by atoms with van der Waals surface area (Å²) in [4.78, 5) is 13.8. The molecular formula is C15H29NO3. The van der Waals surface area contributed by atoms with E-state index in [1.165, 1.54) is 20.0 Å². The van der Waals surface area contributed by atoms with Gasteiger partial charge in [0.1, 0.15) is 0 Å². The zero-order chi connectivity index (χ0) is 14.1. The fraction of sp³-hybridized carbons (Fsp3) is 0.933. The molecule has 0 radical (unpaired) electrons. The van der Waals surface area contributed by atoms with Crippen LogP contribution in [0.4, 0.5) is 0 Å². The molecular weight excluding hydrogens is 242 g/mol. The molecule has 112 valence electrons. The van der Waals surface area contributed by atoms with Crippen molar-refractivity contribution < 1.29 is 14.3 Å². The number of hydrogen-bond donors (Lipinski definition) is 0.